The molecule has 35 heavy (non-hydrogen) atoms. The van der Waals surface area contributed by atoms with Gasteiger partial charge in [0.1, 0.15) is 17.0 Å². The normalized spacial score (nSPS) is 10.7. The molecule has 0 bridgehead atoms. The minimum absolute atomic E-state index is 0.151. The zero-order valence-electron chi connectivity index (χ0n) is 18.9. The summed E-state index contributed by atoms with van der Waals surface area (Å²) in [5, 5.41) is 5.88. The molecule has 4 rings (SSSR count). The molecule has 0 fully saturated rings. The van der Waals surface area contributed by atoms with Crippen LogP contribution in [0.4, 0.5) is 5.69 Å². The Labute approximate surface area is 229 Å². The Kier molecular flexibility index (Phi) is 8.24. The minimum Gasteiger partial charge on any atom is -0.494 e. The van der Waals surface area contributed by atoms with Crippen LogP contribution in [0.3, 0.4) is 0 Å². The van der Waals surface area contributed by atoms with Crippen LogP contribution in [-0.4, -0.2) is 29.2 Å². The number of amides is 1. The highest BCUT2D eigenvalue weighted by atomic mass is 127. The number of fused-ring (bicyclic) bond motifs is 1. The van der Waals surface area contributed by atoms with Crippen LogP contribution in [0.15, 0.2) is 63.5 Å². The van der Waals surface area contributed by atoms with Crippen molar-refractivity contribution in [2.75, 3.05) is 18.5 Å². The van der Waals surface area contributed by atoms with E-state index in [0.717, 1.165) is 13.6 Å². The summed E-state index contributed by atoms with van der Waals surface area (Å²) in [6.45, 7) is 4.70. The van der Waals surface area contributed by atoms with Crippen molar-refractivity contribution < 1.29 is 18.7 Å². The van der Waals surface area contributed by atoms with Gasteiger partial charge in [-0.25, -0.2) is 4.98 Å². The fraction of sp³-hybridized carbons (Fsp3) is 0.160. The standard InChI is InChI=1S/C25H21BrIN3O4S/c1-3-32-17-9-14(10-18(13-17)33-4-2)23(31)30-25(35)28-16-6-8-22-21(12-16)29-24(34-22)19-11-15(27)5-7-20(19)26/h5-13H,3-4H2,1-2H3,(H2,28,30,31,35). The van der Waals surface area contributed by atoms with E-state index in [9.17, 15) is 4.79 Å². The summed E-state index contributed by atoms with van der Waals surface area (Å²) >= 11 is 11.2. The molecule has 0 saturated heterocycles. The van der Waals surface area contributed by atoms with Crippen LogP contribution < -0.4 is 20.1 Å². The number of oxazole rings is 1. The molecule has 10 heteroatoms. The lowest BCUT2D eigenvalue weighted by Gasteiger charge is -2.12. The maximum absolute atomic E-state index is 12.8. The molecular weight excluding hydrogens is 645 g/mol. The van der Waals surface area contributed by atoms with Crippen molar-refractivity contribution in [2.24, 2.45) is 0 Å². The Morgan fingerprint density at radius 1 is 1.06 bits per heavy atom. The second-order valence-corrected chi connectivity index (χ2v) is 9.80. The van der Waals surface area contributed by atoms with E-state index in [1.165, 1.54) is 0 Å². The van der Waals surface area contributed by atoms with E-state index < -0.39 is 0 Å². The van der Waals surface area contributed by atoms with Gasteiger partial charge in [-0.05, 0) is 113 Å². The smallest absolute Gasteiger partial charge is 0.257 e. The third-order valence-corrected chi connectivity index (χ3v) is 6.36. The molecule has 0 saturated carbocycles. The summed E-state index contributed by atoms with van der Waals surface area (Å²) in [6, 6.07) is 16.4. The predicted molar refractivity (Wildman–Crippen MR) is 152 cm³/mol. The van der Waals surface area contributed by atoms with Crippen molar-refractivity contribution in [1.82, 2.24) is 10.3 Å². The Balaban J connectivity index is 1.49. The molecule has 0 unspecified atom stereocenters. The molecule has 1 amide bonds. The van der Waals surface area contributed by atoms with Gasteiger partial charge in [0.25, 0.3) is 5.91 Å². The van der Waals surface area contributed by atoms with Gasteiger partial charge in [-0.1, -0.05) is 0 Å². The van der Waals surface area contributed by atoms with E-state index in [1.54, 1.807) is 24.3 Å². The summed E-state index contributed by atoms with van der Waals surface area (Å²) in [7, 11) is 0. The first-order valence-electron chi connectivity index (χ1n) is 10.7. The lowest BCUT2D eigenvalue weighted by atomic mass is 10.2. The molecule has 2 N–H and O–H groups in total. The number of ether oxygens (including phenoxy) is 2. The molecule has 7 nitrogen and oxygen atoms in total. The molecule has 0 radical (unpaired) electrons. The van der Waals surface area contributed by atoms with E-state index in [1.807, 2.05) is 44.2 Å². The highest BCUT2D eigenvalue weighted by molar-refractivity contribution is 14.1. The van der Waals surface area contributed by atoms with Crippen LogP contribution in [-0.2, 0) is 0 Å². The van der Waals surface area contributed by atoms with Crippen molar-refractivity contribution in [3.05, 3.63) is 68.2 Å². The average Bonchev–Trinajstić information content (AvgIpc) is 3.24. The molecule has 1 heterocycles. The molecule has 0 aliphatic carbocycles. The number of rotatable bonds is 7. The molecule has 0 aliphatic rings. The Hall–Kier alpha value is -2.70. The van der Waals surface area contributed by atoms with E-state index in [2.05, 4.69) is 54.1 Å². The van der Waals surface area contributed by atoms with Gasteiger partial charge in [0, 0.05) is 25.4 Å². The molecule has 0 spiro atoms. The van der Waals surface area contributed by atoms with Crippen molar-refractivity contribution in [2.45, 2.75) is 13.8 Å². The van der Waals surface area contributed by atoms with Crippen LogP contribution in [0.5, 0.6) is 11.5 Å². The van der Waals surface area contributed by atoms with E-state index >= 15 is 0 Å². The van der Waals surface area contributed by atoms with Gasteiger partial charge in [0.15, 0.2) is 10.7 Å². The van der Waals surface area contributed by atoms with Crippen molar-refractivity contribution in [3.63, 3.8) is 0 Å². The van der Waals surface area contributed by atoms with Gasteiger partial charge < -0.3 is 19.2 Å². The molecular formula is C25H21BrIN3O4S. The molecule has 4 aromatic rings. The van der Waals surface area contributed by atoms with Crippen LogP contribution in [0, 0.1) is 3.57 Å². The third-order valence-electron chi connectivity index (χ3n) is 4.80. The number of thiocarbonyl (C=S) groups is 1. The van der Waals surface area contributed by atoms with Crippen LogP contribution >= 0.6 is 50.7 Å². The number of carbonyl (C=O) groups is 1. The number of benzene rings is 3. The topological polar surface area (TPSA) is 85.6 Å². The number of nitrogens with one attached hydrogen (secondary N) is 2. The summed E-state index contributed by atoms with van der Waals surface area (Å²) in [5.41, 5.74) is 3.22. The summed E-state index contributed by atoms with van der Waals surface area (Å²) < 4.78 is 19.0. The zero-order chi connectivity index (χ0) is 24.9. The molecule has 0 atom stereocenters. The number of carbonyl (C=O) groups excluding carboxylic acids is 1. The highest BCUT2D eigenvalue weighted by Gasteiger charge is 2.15. The number of nitrogens with zero attached hydrogens (tertiary/aromatic N) is 1. The number of hydrogen-bond acceptors (Lipinski definition) is 6. The Morgan fingerprint density at radius 3 is 2.46 bits per heavy atom. The fourth-order valence-corrected chi connectivity index (χ4v) is 4.44. The van der Waals surface area contributed by atoms with E-state index in [0.29, 0.717) is 53.0 Å². The van der Waals surface area contributed by atoms with Crippen molar-refractivity contribution in [3.8, 4) is 23.0 Å². The molecule has 0 aliphatic heterocycles. The number of halogens is 2. The van der Waals surface area contributed by atoms with Gasteiger partial charge >= 0.3 is 0 Å². The summed E-state index contributed by atoms with van der Waals surface area (Å²) in [4.78, 5) is 17.4. The maximum Gasteiger partial charge on any atom is 0.257 e. The first-order chi connectivity index (χ1) is 16.9. The monoisotopic (exact) mass is 665 g/mol. The molecule has 1 aromatic heterocycles. The van der Waals surface area contributed by atoms with Crippen molar-refractivity contribution >= 4 is 78.5 Å². The summed E-state index contributed by atoms with van der Waals surface area (Å²) in [5.74, 6) is 1.24. The maximum atomic E-state index is 12.8. The Bertz CT molecular complexity index is 1380. The molecule has 180 valence electrons. The first-order valence-corrected chi connectivity index (χ1v) is 13.0. The quantitative estimate of drug-likeness (QED) is 0.166. The second kappa shape index (κ2) is 11.4. The van der Waals surface area contributed by atoms with Gasteiger partial charge in [0.2, 0.25) is 5.89 Å². The van der Waals surface area contributed by atoms with Crippen LogP contribution in [0.25, 0.3) is 22.6 Å². The lowest BCUT2D eigenvalue weighted by molar-refractivity contribution is 0.0976. The van der Waals surface area contributed by atoms with Gasteiger partial charge in [-0.2, -0.15) is 0 Å². The van der Waals surface area contributed by atoms with Gasteiger partial charge in [-0.3, -0.25) is 10.1 Å². The Morgan fingerprint density at radius 2 is 1.77 bits per heavy atom. The minimum atomic E-state index is -0.377. The number of aromatic nitrogens is 1. The van der Waals surface area contributed by atoms with Gasteiger partial charge in [-0.15, -0.1) is 0 Å². The number of hydrogen-bond donors (Lipinski definition) is 2. The fourth-order valence-electron chi connectivity index (χ4n) is 3.32. The zero-order valence-corrected chi connectivity index (χ0v) is 23.4. The van der Waals surface area contributed by atoms with Crippen molar-refractivity contribution in [1.29, 1.82) is 0 Å². The first kappa shape index (κ1) is 25.4. The largest absolute Gasteiger partial charge is 0.494 e. The highest BCUT2D eigenvalue weighted by Crippen LogP contribution is 2.32. The second-order valence-electron chi connectivity index (χ2n) is 7.29. The lowest BCUT2D eigenvalue weighted by Crippen LogP contribution is -2.34. The number of anilines is 1. The van der Waals surface area contributed by atoms with E-state index in [4.69, 9.17) is 26.1 Å². The predicted octanol–water partition coefficient (Wildman–Crippen LogP) is 6.79. The van der Waals surface area contributed by atoms with Crippen LogP contribution in [0.1, 0.15) is 24.2 Å². The van der Waals surface area contributed by atoms with Crippen LogP contribution in [0.2, 0.25) is 0 Å². The SMILES string of the molecule is CCOc1cc(OCC)cc(C(=O)NC(=S)Nc2ccc3oc(-c4cc(I)ccc4Br)nc3c2)c1. The average molecular weight is 666 g/mol. The van der Waals surface area contributed by atoms with E-state index in [-0.39, 0.29) is 11.0 Å². The molecule has 3 aromatic carbocycles. The van der Waals surface area contributed by atoms with Gasteiger partial charge in [0.05, 0.1) is 18.8 Å². The summed E-state index contributed by atoms with van der Waals surface area (Å²) in [6.07, 6.45) is 0. The third kappa shape index (κ3) is 6.30.